The molecule has 20 heavy (non-hydrogen) atoms. The second kappa shape index (κ2) is 4.19. The molecule has 6 nitrogen and oxygen atoms in total. The monoisotopic (exact) mass is 276 g/mol. The number of nitrogens with two attached hydrogens (primary N) is 1. The smallest absolute Gasteiger partial charge is 0.264 e. The van der Waals surface area contributed by atoms with Gasteiger partial charge in [0.1, 0.15) is 6.02 Å². The highest BCUT2D eigenvalue weighted by molar-refractivity contribution is 6.25. The van der Waals surface area contributed by atoms with Gasteiger partial charge in [-0.05, 0) is 24.9 Å². The first-order valence-electron chi connectivity index (χ1n) is 8.17. The average Bonchev–Trinajstić information content (AvgIpc) is 2.77. The molecular weight excluding hydrogens is 258 g/mol. The van der Waals surface area contributed by atoms with Crippen molar-refractivity contribution in [2.45, 2.75) is 18.8 Å². The molecule has 3 rings (SSSR count). The van der Waals surface area contributed by atoms with Gasteiger partial charge >= 0.3 is 0 Å². The Kier molecular flexibility index (Phi) is 1.64. The zero-order chi connectivity index (χ0) is 18.9. The zero-order valence-electron chi connectivity index (χ0n) is 15.2. The second-order valence-corrected chi connectivity index (χ2v) is 4.25. The third-order valence-electron chi connectivity index (χ3n) is 2.98. The number of anilines is 1. The van der Waals surface area contributed by atoms with Crippen molar-refractivity contribution >= 4 is 23.4 Å². The van der Waals surface area contributed by atoms with Crippen molar-refractivity contribution in [1.82, 2.24) is 10.2 Å². The van der Waals surface area contributed by atoms with Gasteiger partial charge in [0.05, 0.1) is 12.5 Å². The predicted molar refractivity (Wildman–Crippen MR) is 71.7 cm³/mol. The van der Waals surface area contributed by atoms with Gasteiger partial charge in [0.25, 0.3) is 11.8 Å². The molecule has 102 valence electrons. The maximum Gasteiger partial charge on any atom is 0.264 e. The maximum absolute atomic E-state index is 12.7. The minimum Gasteiger partial charge on any atom is -0.398 e. The lowest BCUT2D eigenvalue weighted by molar-refractivity contribution is -0.125. The second-order valence-electron chi connectivity index (χ2n) is 4.25. The van der Waals surface area contributed by atoms with Gasteiger partial charge in [0.2, 0.25) is 5.91 Å². The average molecular weight is 276 g/mol. The Balaban J connectivity index is 2.24. The van der Waals surface area contributed by atoms with Gasteiger partial charge < -0.3 is 11.1 Å². The van der Waals surface area contributed by atoms with E-state index in [2.05, 4.69) is 6.58 Å². The lowest BCUT2D eigenvalue weighted by Crippen LogP contribution is -2.51. The zero-order valence-corrected chi connectivity index (χ0v) is 10.2. The number of nitrogens with zero attached hydrogens (tertiary/aromatic N) is 1. The minimum atomic E-state index is -3.26. The normalized spacial score (nSPS) is 34.4. The van der Waals surface area contributed by atoms with Crippen molar-refractivity contribution in [2.75, 3.05) is 5.73 Å². The molecule has 0 radical (unpaired) electrons. The van der Waals surface area contributed by atoms with Crippen LogP contribution >= 0.6 is 0 Å². The molecule has 3 N–H and O–H groups in total. The first-order chi connectivity index (χ1) is 11.4. The Morgan fingerprint density at radius 1 is 1.40 bits per heavy atom. The fourth-order valence-corrected chi connectivity index (χ4v) is 2.09. The summed E-state index contributed by atoms with van der Waals surface area (Å²) < 4.78 is 40.2. The van der Waals surface area contributed by atoms with Crippen molar-refractivity contribution in [3.8, 4) is 0 Å². The number of imide groups is 1. The Morgan fingerprint density at radius 2 is 2.15 bits per heavy atom. The van der Waals surface area contributed by atoms with Crippen LogP contribution in [0.5, 0.6) is 0 Å². The highest BCUT2D eigenvalue weighted by atomic mass is 16.2. The molecule has 6 heteroatoms. The standard InChI is InChI=1S/C14H13N3O3/c1-7-5-6-10(12(18)16-7)17-13(19)8-3-2-4-9(15)11(8)14(17)20/h2-4,10H,1,5-6,15H2,(H,16,18)/t10-/m0/s1/i5D2,6D2,10D. The summed E-state index contributed by atoms with van der Waals surface area (Å²) in [5, 5.41) is 1.96. The van der Waals surface area contributed by atoms with Crippen molar-refractivity contribution in [3.63, 3.8) is 0 Å². The predicted octanol–water partition coefficient (Wildman–Crippen LogP) is 0.657. The molecule has 1 atom stereocenters. The molecule has 2 heterocycles. The van der Waals surface area contributed by atoms with E-state index in [1.165, 1.54) is 18.2 Å². The van der Waals surface area contributed by atoms with E-state index in [1.54, 1.807) is 0 Å². The molecule has 2 aliphatic rings. The van der Waals surface area contributed by atoms with Crippen LogP contribution in [-0.2, 0) is 4.79 Å². The molecular formula is C14H13N3O3. The van der Waals surface area contributed by atoms with Crippen LogP contribution < -0.4 is 11.1 Å². The van der Waals surface area contributed by atoms with Crippen LogP contribution in [0, 0.1) is 0 Å². The summed E-state index contributed by atoms with van der Waals surface area (Å²) in [4.78, 5) is 37.8. The number of rotatable bonds is 1. The number of carbonyl (C=O) groups is 3. The summed E-state index contributed by atoms with van der Waals surface area (Å²) >= 11 is 0. The lowest BCUT2D eigenvalue weighted by Gasteiger charge is -2.29. The number of amides is 3. The largest absolute Gasteiger partial charge is 0.398 e. The van der Waals surface area contributed by atoms with Gasteiger partial charge in [-0.25, -0.2) is 0 Å². The number of hydrogen-bond donors (Lipinski definition) is 2. The Hall–Kier alpha value is -2.63. The fraction of sp³-hybridized carbons (Fsp3) is 0.214. The Morgan fingerprint density at radius 3 is 2.85 bits per heavy atom. The van der Waals surface area contributed by atoms with E-state index >= 15 is 0 Å². The first-order valence-corrected chi connectivity index (χ1v) is 5.67. The van der Waals surface area contributed by atoms with Gasteiger partial charge in [0, 0.05) is 16.9 Å². The number of nitrogens with one attached hydrogen (secondary N) is 1. The number of allylic oxidation sites excluding steroid dienone is 1. The van der Waals surface area contributed by atoms with Crippen LogP contribution in [0.15, 0.2) is 30.5 Å². The van der Waals surface area contributed by atoms with Crippen LogP contribution in [0.1, 0.15) is 40.3 Å². The van der Waals surface area contributed by atoms with Crippen molar-refractivity contribution in [1.29, 1.82) is 0 Å². The van der Waals surface area contributed by atoms with Crippen LogP contribution in [0.4, 0.5) is 5.69 Å². The summed E-state index contributed by atoms with van der Waals surface area (Å²) in [6, 6.07) is 0.827. The van der Waals surface area contributed by atoms with Crippen molar-refractivity contribution < 1.29 is 21.2 Å². The van der Waals surface area contributed by atoms with Gasteiger partial charge in [-0.1, -0.05) is 12.6 Å². The molecule has 0 saturated carbocycles. The van der Waals surface area contributed by atoms with Gasteiger partial charge in [-0.2, -0.15) is 0 Å². The van der Waals surface area contributed by atoms with E-state index in [0.29, 0.717) is 0 Å². The summed E-state index contributed by atoms with van der Waals surface area (Å²) in [7, 11) is 0. The molecule has 1 saturated heterocycles. The highest BCUT2D eigenvalue weighted by Crippen LogP contribution is 2.31. The highest BCUT2D eigenvalue weighted by Gasteiger charge is 2.44. The lowest BCUT2D eigenvalue weighted by atomic mass is 10.0. The third kappa shape index (κ3) is 1.61. The molecule has 1 aromatic rings. The van der Waals surface area contributed by atoms with Gasteiger partial charge in [-0.15, -0.1) is 0 Å². The number of benzene rings is 1. The van der Waals surface area contributed by atoms with E-state index in [9.17, 15) is 14.4 Å². The molecule has 1 aromatic carbocycles. The van der Waals surface area contributed by atoms with Crippen LogP contribution in [0.25, 0.3) is 0 Å². The summed E-state index contributed by atoms with van der Waals surface area (Å²) in [6.45, 7) is 3.26. The number of hydrogen-bond acceptors (Lipinski definition) is 4. The molecule has 0 spiro atoms. The van der Waals surface area contributed by atoms with E-state index in [0.717, 1.165) is 0 Å². The summed E-state index contributed by atoms with van der Waals surface area (Å²) in [5.74, 6) is -3.59. The summed E-state index contributed by atoms with van der Waals surface area (Å²) in [6.07, 6.45) is -6.16. The van der Waals surface area contributed by atoms with Gasteiger partial charge in [0.15, 0.2) is 0 Å². The third-order valence-corrected chi connectivity index (χ3v) is 2.98. The fourth-order valence-electron chi connectivity index (χ4n) is 2.09. The van der Waals surface area contributed by atoms with E-state index in [4.69, 9.17) is 12.6 Å². The molecule has 0 bridgehead atoms. The SMILES string of the molecule is [2H]C1([2H])C(=C)NC(=O)[C@@]([2H])(N2C(=O)c3cccc(N)c3C2=O)C1([2H])[2H]. The van der Waals surface area contributed by atoms with E-state index < -0.39 is 42.2 Å². The molecule has 0 aromatic heterocycles. The maximum atomic E-state index is 12.7. The molecule has 2 aliphatic heterocycles. The Labute approximate surface area is 122 Å². The summed E-state index contributed by atoms with van der Waals surface area (Å²) in [5.41, 5.74) is 4.62. The van der Waals surface area contributed by atoms with Crippen LogP contribution in [0.2, 0.25) is 0 Å². The number of nitrogen functional groups attached to an aromatic ring is 1. The van der Waals surface area contributed by atoms with E-state index in [1.807, 2.05) is 5.32 Å². The molecule has 3 amide bonds. The van der Waals surface area contributed by atoms with Crippen molar-refractivity contribution in [2.24, 2.45) is 0 Å². The van der Waals surface area contributed by atoms with Crippen LogP contribution in [-0.4, -0.2) is 28.6 Å². The number of piperidine rings is 1. The minimum absolute atomic E-state index is 0.0638. The first kappa shape index (κ1) is 7.84. The molecule has 1 fully saturated rings. The number of fused-ring (bicyclic) bond motifs is 1. The number of carbonyl (C=O) groups excluding carboxylic acids is 3. The van der Waals surface area contributed by atoms with Gasteiger partial charge in [-0.3, -0.25) is 19.3 Å². The van der Waals surface area contributed by atoms with Crippen molar-refractivity contribution in [3.05, 3.63) is 41.6 Å². The van der Waals surface area contributed by atoms with E-state index in [-0.39, 0.29) is 21.7 Å². The topological polar surface area (TPSA) is 92.5 Å². The Bertz CT molecular complexity index is 869. The molecule has 0 unspecified atom stereocenters. The molecule has 0 aliphatic carbocycles. The van der Waals surface area contributed by atoms with Crippen LogP contribution in [0.3, 0.4) is 0 Å². The quantitative estimate of drug-likeness (QED) is 0.582.